The van der Waals surface area contributed by atoms with Crippen molar-refractivity contribution >= 4 is 23.7 Å². The number of piperidine rings is 1. The molecule has 1 aromatic rings. The number of para-hydroxylation sites is 1. The minimum absolute atomic E-state index is 0.0743. The molecule has 2 aliphatic heterocycles. The molecule has 3 N–H and O–H groups in total. The molecule has 0 spiro atoms. The van der Waals surface area contributed by atoms with Gasteiger partial charge in [-0.25, -0.2) is 9.59 Å². The summed E-state index contributed by atoms with van der Waals surface area (Å²) in [5.41, 5.74) is 1.99. The largest absolute Gasteiger partial charge is 0.480 e. The Labute approximate surface area is 152 Å². The van der Waals surface area contributed by atoms with Crippen LogP contribution in [0.1, 0.15) is 25.3 Å². The van der Waals surface area contributed by atoms with Gasteiger partial charge in [0.2, 0.25) is 0 Å². The molecule has 26 heavy (non-hydrogen) atoms. The first-order valence-corrected chi connectivity index (χ1v) is 8.89. The van der Waals surface area contributed by atoms with E-state index in [9.17, 15) is 14.4 Å². The number of carboxylic acids is 1. The maximum absolute atomic E-state index is 12.6. The van der Waals surface area contributed by atoms with Crippen molar-refractivity contribution < 1.29 is 19.5 Å². The third-order valence-electron chi connectivity index (χ3n) is 5.04. The molecule has 1 saturated heterocycles. The number of hydrogen-bond donors (Lipinski definition) is 3. The van der Waals surface area contributed by atoms with Gasteiger partial charge in [-0.1, -0.05) is 18.2 Å². The highest BCUT2D eigenvalue weighted by atomic mass is 16.4. The molecule has 1 atom stereocenters. The molecule has 2 heterocycles. The van der Waals surface area contributed by atoms with Crippen LogP contribution in [-0.2, 0) is 11.2 Å². The highest BCUT2D eigenvalue weighted by molar-refractivity contribution is 5.91. The summed E-state index contributed by atoms with van der Waals surface area (Å²) in [7, 11) is 0. The lowest BCUT2D eigenvalue weighted by molar-refractivity contribution is -0.138. The summed E-state index contributed by atoms with van der Waals surface area (Å²) < 4.78 is 0. The van der Waals surface area contributed by atoms with Crippen LogP contribution in [0.5, 0.6) is 0 Å². The van der Waals surface area contributed by atoms with Gasteiger partial charge in [-0.05, 0) is 37.8 Å². The number of aliphatic carboxylic acids is 1. The second-order valence-corrected chi connectivity index (χ2v) is 6.76. The zero-order chi connectivity index (χ0) is 18.7. The van der Waals surface area contributed by atoms with Crippen molar-refractivity contribution in [3.05, 3.63) is 29.8 Å². The van der Waals surface area contributed by atoms with E-state index < -0.39 is 12.0 Å². The summed E-state index contributed by atoms with van der Waals surface area (Å²) in [4.78, 5) is 39.0. The zero-order valence-corrected chi connectivity index (χ0v) is 14.8. The number of amides is 4. The summed E-state index contributed by atoms with van der Waals surface area (Å²) in [5, 5.41) is 14.3. The van der Waals surface area contributed by atoms with Gasteiger partial charge in [0.25, 0.3) is 0 Å². The number of benzene rings is 1. The predicted octanol–water partition coefficient (Wildman–Crippen LogP) is 1.72. The molecular weight excluding hydrogens is 336 g/mol. The zero-order valence-electron chi connectivity index (χ0n) is 14.8. The Hall–Kier alpha value is -2.77. The molecule has 3 rings (SSSR count). The number of carbonyl (C=O) groups excluding carboxylic acids is 2. The van der Waals surface area contributed by atoms with Crippen LogP contribution >= 0.6 is 0 Å². The molecule has 0 aliphatic carbocycles. The fourth-order valence-electron chi connectivity index (χ4n) is 3.46. The lowest BCUT2D eigenvalue weighted by atomic mass is 10.0. The molecule has 8 nitrogen and oxygen atoms in total. The van der Waals surface area contributed by atoms with Crippen molar-refractivity contribution in [2.24, 2.45) is 0 Å². The van der Waals surface area contributed by atoms with Gasteiger partial charge in [-0.15, -0.1) is 0 Å². The maximum atomic E-state index is 12.6. The van der Waals surface area contributed by atoms with E-state index >= 15 is 0 Å². The topological polar surface area (TPSA) is 102 Å². The molecule has 4 amide bonds. The van der Waals surface area contributed by atoms with Gasteiger partial charge < -0.3 is 25.5 Å². The molecule has 0 radical (unpaired) electrons. The number of carboxylic acid groups (broad SMARTS) is 1. The summed E-state index contributed by atoms with van der Waals surface area (Å²) in [5.74, 6) is -1.06. The molecule has 0 bridgehead atoms. The van der Waals surface area contributed by atoms with E-state index in [-0.39, 0.29) is 18.1 Å². The van der Waals surface area contributed by atoms with Crippen molar-refractivity contribution in [1.29, 1.82) is 0 Å². The summed E-state index contributed by atoms with van der Waals surface area (Å²) >= 11 is 0. The summed E-state index contributed by atoms with van der Waals surface area (Å²) in [6, 6.07) is 6.49. The first kappa shape index (κ1) is 18.0. The van der Waals surface area contributed by atoms with E-state index in [1.165, 1.54) is 6.92 Å². The predicted molar refractivity (Wildman–Crippen MR) is 96.1 cm³/mol. The van der Waals surface area contributed by atoms with Gasteiger partial charge in [0.15, 0.2) is 0 Å². The third-order valence-corrected chi connectivity index (χ3v) is 5.04. The minimum atomic E-state index is -1.06. The lowest BCUT2D eigenvalue weighted by Crippen LogP contribution is -2.53. The SMILES string of the molecule is CC(NC(=O)N1CCC(N2CCc3ccccc3NC2=O)CC1)C(=O)O. The van der Waals surface area contributed by atoms with Crippen LogP contribution in [0.25, 0.3) is 0 Å². The van der Waals surface area contributed by atoms with Crippen molar-refractivity contribution in [3.8, 4) is 0 Å². The normalized spacial score (nSPS) is 19.2. The van der Waals surface area contributed by atoms with Crippen LogP contribution in [0, 0.1) is 0 Å². The number of likely N-dealkylation sites (tertiary alicyclic amines) is 1. The molecule has 1 fully saturated rings. The Bertz CT molecular complexity index is 700. The van der Waals surface area contributed by atoms with Crippen molar-refractivity contribution in [1.82, 2.24) is 15.1 Å². The number of nitrogens with zero attached hydrogens (tertiary/aromatic N) is 2. The van der Waals surface area contributed by atoms with Crippen LogP contribution in [0.4, 0.5) is 15.3 Å². The second kappa shape index (κ2) is 7.63. The van der Waals surface area contributed by atoms with Crippen molar-refractivity contribution in [2.45, 2.75) is 38.3 Å². The molecular formula is C18H24N4O4. The van der Waals surface area contributed by atoms with E-state index in [0.717, 1.165) is 17.7 Å². The molecule has 2 aliphatic rings. The number of carbonyl (C=O) groups is 3. The van der Waals surface area contributed by atoms with Gasteiger partial charge >= 0.3 is 18.0 Å². The van der Waals surface area contributed by atoms with Crippen LogP contribution in [-0.4, -0.2) is 64.7 Å². The minimum Gasteiger partial charge on any atom is -0.480 e. The molecule has 140 valence electrons. The molecule has 8 heteroatoms. The highest BCUT2D eigenvalue weighted by Crippen LogP contribution is 2.24. The Morgan fingerprint density at radius 1 is 1.23 bits per heavy atom. The van der Waals surface area contributed by atoms with Crippen LogP contribution < -0.4 is 10.6 Å². The quantitative estimate of drug-likeness (QED) is 0.764. The Morgan fingerprint density at radius 3 is 2.62 bits per heavy atom. The number of rotatable bonds is 3. The smallest absolute Gasteiger partial charge is 0.325 e. The Morgan fingerprint density at radius 2 is 1.92 bits per heavy atom. The van der Waals surface area contributed by atoms with Gasteiger partial charge in [-0.3, -0.25) is 4.79 Å². The number of urea groups is 2. The number of anilines is 1. The maximum Gasteiger partial charge on any atom is 0.325 e. The summed E-state index contributed by atoms with van der Waals surface area (Å²) in [6.07, 6.45) is 2.16. The molecule has 0 aromatic heterocycles. The number of fused-ring (bicyclic) bond motifs is 1. The third kappa shape index (κ3) is 3.89. The Kier molecular flexibility index (Phi) is 5.29. The van der Waals surface area contributed by atoms with Gasteiger partial charge in [0.1, 0.15) is 6.04 Å². The lowest BCUT2D eigenvalue weighted by Gasteiger charge is -2.38. The van der Waals surface area contributed by atoms with Crippen LogP contribution in [0.3, 0.4) is 0 Å². The standard InChI is InChI=1S/C18H24N4O4/c1-12(16(23)24)19-17(25)21-9-7-14(8-10-21)22-11-6-13-4-2-3-5-15(13)20-18(22)26/h2-5,12,14H,6-11H2,1H3,(H,19,25)(H,20,26)(H,23,24). The van der Waals surface area contributed by atoms with Crippen molar-refractivity contribution in [3.63, 3.8) is 0 Å². The molecule has 1 unspecified atom stereocenters. The first-order chi connectivity index (χ1) is 12.5. The van der Waals surface area contributed by atoms with Gasteiger partial charge in [-0.2, -0.15) is 0 Å². The second-order valence-electron chi connectivity index (χ2n) is 6.76. The Balaban J connectivity index is 1.56. The summed E-state index contributed by atoms with van der Waals surface area (Å²) in [6.45, 7) is 3.08. The number of hydrogen-bond acceptors (Lipinski definition) is 3. The van der Waals surface area contributed by atoms with E-state index in [1.807, 2.05) is 29.2 Å². The van der Waals surface area contributed by atoms with E-state index in [1.54, 1.807) is 4.90 Å². The highest BCUT2D eigenvalue weighted by Gasteiger charge is 2.31. The van der Waals surface area contributed by atoms with Crippen LogP contribution in [0.2, 0.25) is 0 Å². The van der Waals surface area contributed by atoms with Gasteiger partial charge in [0.05, 0.1) is 0 Å². The fourth-order valence-corrected chi connectivity index (χ4v) is 3.46. The van der Waals surface area contributed by atoms with Gasteiger partial charge in [0, 0.05) is 31.4 Å². The fraction of sp³-hybridized carbons (Fsp3) is 0.500. The molecule has 1 aromatic carbocycles. The first-order valence-electron chi connectivity index (χ1n) is 8.89. The number of nitrogens with one attached hydrogen (secondary N) is 2. The average Bonchev–Trinajstić information content (AvgIpc) is 2.80. The van der Waals surface area contributed by atoms with E-state index in [2.05, 4.69) is 10.6 Å². The van der Waals surface area contributed by atoms with Crippen LogP contribution in [0.15, 0.2) is 24.3 Å². The van der Waals surface area contributed by atoms with E-state index in [4.69, 9.17) is 5.11 Å². The van der Waals surface area contributed by atoms with Crippen molar-refractivity contribution in [2.75, 3.05) is 25.0 Å². The van der Waals surface area contributed by atoms with E-state index in [0.29, 0.717) is 32.5 Å². The average molecular weight is 360 g/mol. The molecule has 0 saturated carbocycles. The monoisotopic (exact) mass is 360 g/mol.